The first-order valence-electron chi connectivity index (χ1n) is 9.19. The molecule has 1 aliphatic rings. The maximum atomic E-state index is 12.8. The SMILES string of the molecule is Oc1cc(-c2ccccn2)cc2c1OCCN(Cc1ccc(C(F)(F)F)cc1)C2. The van der Waals surface area contributed by atoms with Gasteiger partial charge in [-0.05, 0) is 42.0 Å². The van der Waals surface area contributed by atoms with Crippen LogP contribution in [0.3, 0.4) is 0 Å². The summed E-state index contributed by atoms with van der Waals surface area (Å²) in [6, 6.07) is 14.3. The van der Waals surface area contributed by atoms with E-state index < -0.39 is 11.7 Å². The van der Waals surface area contributed by atoms with Gasteiger partial charge in [0.25, 0.3) is 0 Å². The fourth-order valence-corrected chi connectivity index (χ4v) is 3.43. The Bertz CT molecular complexity index is 989. The van der Waals surface area contributed by atoms with Crippen molar-refractivity contribution in [3.05, 3.63) is 77.5 Å². The summed E-state index contributed by atoms with van der Waals surface area (Å²) in [5, 5.41) is 10.4. The van der Waals surface area contributed by atoms with E-state index in [-0.39, 0.29) is 5.75 Å². The molecule has 1 aromatic heterocycles. The van der Waals surface area contributed by atoms with Gasteiger partial charge in [0.1, 0.15) is 6.61 Å². The van der Waals surface area contributed by atoms with Gasteiger partial charge in [-0.3, -0.25) is 9.88 Å². The van der Waals surface area contributed by atoms with Gasteiger partial charge in [0.2, 0.25) is 0 Å². The molecule has 0 spiro atoms. The fraction of sp³-hybridized carbons (Fsp3) is 0.227. The van der Waals surface area contributed by atoms with Gasteiger partial charge in [0.05, 0.1) is 11.3 Å². The van der Waals surface area contributed by atoms with E-state index in [4.69, 9.17) is 4.74 Å². The van der Waals surface area contributed by atoms with Crippen LogP contribution in [0.15, 0.2) is 60.8 Å². The van der Waals surface area contributed by atoms with Gasteiger partial charge in [-0.15, -0.1) is 0 Å². The molecule has 4 rings (SSSR count). The minimum Gasteiger partial charge on any atom is -0.504 e. The lowest BCUT2D eigenvalue weighted by Crippen LogP contribution is -2.25. The number of aromatic hydroxyl groups is 1. The summed E-state index contributed by atoms with van der Waals surface area (Å²) in [6.45, 7) is 1.96. The van der Waals surface area contributed by atoms with E-state index in [0.29, 0.717) is 32.0 Å². The lowest BCUT2D eigenvalue weighted by molar-refractivity contribution is -0.137. The Balaban J connectivity index is 1.57. The van der Waals surface area contributed by atoms with Crippen molar-refractivity contribution in [2.24, 2.45) is 0 Å². The molecular formula is C22H19F3N2O2. The van der Waals surface area contributed by atoms with Gasteiger partial charge in [-0.25, -0.2) is 0 Å². The monoisotopic (exact) mass is 400 g/mol. The van der Waals surface area contributed by atoms with Crippen molar-refractivity contribution in [1.29, 1.82) is 0 Å². The van der Waals surface area contributed by atoms with E-state index >= 15 is 0 Å². The number of fused-ring (bicyclic) bond motifs is 1. The van der Waals surface area contributed by atoms with Gasteiger partial charge < -0.3 is 9.84 Å². The minimum absolute atomic E-state index is 0.0551. The molecule has 0 radical (unpaired) electrons. The van der Waals surface area contributed by atoms with Crippen LogP contribution in [0.5, 0.6) is 11.5 Å². The van der Waals surface area contributed by atoms with Crippen LogP contribution in [-0.2, 0) is 19.3 Å². The topological polar surface area (TPSA) is 45.6 Å². The predicted molar refractivity (Wildman–Crippen MR) is 102 cm³/mol. The van der Waals surface area contributed by atoms with Crippen molar-refractivity contribution < 1.29 is 23.0 Å². The molecule has 0 aliphatic carbocycles. The zero-order valence-corrected chi connectivity index (χ0v) is 15.5. The molecule has 0 saturated heterocycles. The Morgan fingerprint density at radius 1 is 1.07 bits per heavy atom. The number of aromatic nitrogens is 1. The summed E-state index contributed by atoms with van der Waals surface area (Å²) >= 11 is 0. The number of nitrogens with zero attached hydrogens (tertiary/aromatic N) is 2. The fourth-order valence-electron chi connectivity index (χ4n) is 3.43. The molecule has 0 fully saturated rings. The molecule has 0 amide bonds. The highest BCUT2D eigenvalue weighted by Gasteiger charge is 2.30. The van der Waals surface area contributed by atoms with E-state index in [2.05, 4.69) is 9.88 Å². The number of rotatable bonds is 3. The Hall–Kier alpha value is -3.06. The van der Waals surface area contributed by atoms with Crippen LogP contribution in [0, 0.1) is 0 Å². The van der Waals surface area contributed by atoms with Crippen LogP contribution in [0.2, 0.25) is 0 Å². The molecule has 150 valence electrons. The van der Waals surface area contributed by atoms with Crippen LogP contribution in [0.25, 0.3) is 11.3 Å². The Labute approximate surface area is 166 Å². The molecule has 0 saturated carbocycles. The summed E-state index contributed by atoms with van der Waals surface area (Å²) in [7, 11) is 0. The van der Waals surface area contributed by atoms with E-state index in [1.165, 1.54) is 12.1 Å². The highest BCUT2D eigenvalue weighted by atomic mass is 19.4. The number of pyridine rings is 1. The molecule has 2 heterocycles. The first-order valence-corrected chi connectivity index (χ1v) is 9.19. The van der Waals surface area contributed by atoms with Crippen LogP contribution in [0.1, 0.15) is 16.7 Å². The van der Waals surface area contributed by atoms with Crippen LogP contribution >= 0.6 is 0 Å². The third kappa shape index (κ3) is 4.35. The number of benzene rings is 2. The second-order valence-corrected chi connectivity index (χ2v) is 6.95. The number of halogens is 3. The maximum Gasteiger partial charge on any atom is 0.416 e. The first kappa shape index (κ1) is 19.3. The van der Waals surface area contributed by atoms with Gasteiger partial charge in [-0.1, -0.05) is 18.2 Å². The lowest BCUT2D eigenvalue weighted by Gasteiger charge is -2.20. The van der Waals surface area contributed by atoms with E-state index in [1.807, 2.05) is 24.3 Å². The smallest absolute Gasteiger partial charge is 0.416 e. The molecule has 0 unspecified atom stereocenters. The Kier molecular flexibility index (Phi) is 5.15. The quantitative estimate of drug-likeness (QED) is 0.682. The molecular weight excluding hydrogens is 381 g/mol. The van der Waals surface area contributed by atoms with Crippen molar-refractivity contribution in [2.75, 3.05) is 13.2 Å². The second-order valence-electron chi connectivity index (χ2n) is 6.95. The molecule has 0 bridgehead atoms. The van der Waals surface area contributed by atoms with E-state index in [1.54, 1.807) is 12.3 Å². The molecule has 4 nitrogen and oxygen atoms in total. The van der Waals surface area contributed by atoms with E-state index in [9.17, 15) is 18.3 Å². The summed E-state index contributed by atoms with van der Waals surface area (Å²) < 4.78 is 44.0. The van der Waals surface area contributed by atoms with Crippen molar-refractivity contribution >= 4 is 0 Å². The van der Waals surface area contributed by atoms with Gasteiger partial charge in [-0.2, -0.15) is 13.2 Å². The first-order chi connectivity index (χ1) is 13.9. The average molecular weight is 400 g/mol. The summed E-state index contributed by atoms with van der Waals surface area (Å²) in [6.07, 6.45) is -2.65. The van der Waals surface area contributed by atoms with Gasteiger partial charge in [0.15, 0.2) is 11.5 Å². The molecule has 0 atom stereocenters. The third-order valence-electron chi connectivity index (χ3n) is 4.84. The van der Waals surface area contributed by atoms with Crippen molar-refractivity contribution in [1.82, 2.24) is 9.88 Å². The molecule has 1 aliphatic heterocycles. The Morgan fingerprint density at radius 2 is 1.86 bits per heavy atom. The summed E-state index contributed by atoms with van der Waals surface area (Å²) in [5.74, 6) is 0.499. The van der Waals surface area contributed by atoms with E-state index in [0.717, 1.165) is 34.5 Å². The largest absolute Gasteiger partial charge is 0.504 e. The average Bonchev–Trinajstić information content (AvgIpc) is 2.90. The lowest BCUT2D eigenvalue weighted by atomic mass is 10.0. The zero-order chi connectivity index (χ0) is 20.4. The molecule has 29 heavy (non-hydrogen) atoms. The van der Waals surface area contributed by atoms with Crippen LogP contribution < -0.4 is 4.74 Å². The molecule has 3 aromatic rings. The van der Waals surface area contributed by atoms with Crippen LogP contribution in [0.4, 0.5) is 13.2 Å². The second kappa shape index (κ2) is 7.75. The number of ether oxygens (including phenoxy) is 1. The van der Waals surface area contributed by atoms with Crippen molar-refractivity contribution in [3.63, 3.8) is 0 Å². The van der Waals surface area contributed by atoms with Gasteiger partial charge >= 0.3 is 6.18 Å². The summed E-state index contributed by atoms with van der Waals surface area (Å²) in [4.78, 5) is 6.40. The Morgan fingerprint density at radius 3 is 2.55 bits per heavy atom. The highest BCUT2D eigenvalue weighted by molar-refractivity contribution is 5.66. The number of phenolic OH excluding ortho intramolecular Hbond substituents is 1. The highest BCUT2D eigenvalue weighted by Crippen LogP contribution is 2.37. The number of phenols is 1. The van der Waals surface area contributed by atoms with Crippen molar-refractivity contribution in [2.45, 2.75) is 19.3 Å². The zero-order valence-electron chi connectivity index (χ0n) is 15.5. The third-order valence-corrected chi connectivity index (χ3v) is 4.84. The predicted octanol–water partition coefficient (Wildman–Crippen LogP) is 4.87. The van der Waals surface area contributed by atoms with Crippen molar-refractivity contribution in [3.8, 4) is 22.8 Å². The van der Waals surface area contributed by atoms with Crippen LogP contribution in [-0.4, -0.2) is 28.1 Å². The number of alkyl halides is 3. The standard InChI is InChI=1S/C22H19F3N2O2/c23-22(24,25)18-6-4-15(5-7-18)13-27-9-10-29-21-17(14-27)11-16(12-20(21)28)19-3-1-2-8-26-19/h1-8,11-12,28H,9-10,13-14H2. The minimum atomic E-state index is -4.34. The molecule has 1 N–H and O–H groups in total. The summed E-state index contributed by atoms with van der Waals surface area (Å²) in [5.41, 5.74) is 2.46. The maximum absolute atomic E-state index is 12.8. The number of hydrogen-bond acceptors (Lipinski definition) is 4. The normalized spacial score (nSPS) is 14.7. The molecule has 2 aromatic carbocycles. The number of hydrogen-bond donors (Lipinski definition) is 1. The van der Waals surface area contributed by atoms with Gasteiger partial charge in [0, 0.05) is 37.0 Å². The molecule has 7 heteroatoms.